The van der Waals surface area contributed by atoms with E-state index in [-0.39, 0.29) is 67.9 Å². The molecule has 82 heavy (non-hydrogen) atoms. The molecule has 0 radical (unpaired) electrons. The summed E-state index contributed by atoms with van der Waals surface area (Å²) in [5.41, 5.74) is 10.5. The number of hydrogen-bond acceptors (Lipinski definition) is 16. The molecule has 6 heterocycles. The molecule has 8 aromatic rings. The molecule has 7 atom stereocenters. The molecular formula is C61H71FN12O7S. The summed E-state index contributed by atoms with van der Waals surface area (Å²) < 4.78 is 36.7. The number of aliphatic hydroxyl groups excluding tert-OH is 2. The van der Waals surface area contributed by atoms with Gasteiger partial charge in [0.2, 0.25) is 11.8 Å². The maximum Gasteiger partial charge on any atom is 0.319 e. The van der Waals surface area contributed by atoms with Gasteiger partial charge in [0.25, 0.3) is 0 Å². The number of nitrogens with one attached hydrogen (secondary N) is 3. The van der Waals surface area contributed by atoms with Crippen molar-refractivity contribution in [2.75, 3.05) is 45.3 Å². The number of fused-ring (bicyclic) bond motifs is 2. The zero-order chi connectivity index (χ0) is 57.5. The summed E-state index contributed by atoms with van der Waals surface area (Å²) in [6.07, 6.45) is 5.30. The molecule has 5 N–H and O–H groups in total. The summed E-state index contributed by atoms with van der Waals surface area (Å²) in [5, 5.41) is 46.3. The Labute approximate surface area is 479 Å². The molecule has 19 nitrogen and oxygen atoms in total. The molecule has 4 aromatic heterocycles. The van der Waals surface area contributed by atoms with Gasteiger partial charge < -0.3 is 44.9 Å². The molecule has 1 aliphatic carbocycles. The van der Waals surface area contributed by atoms with Gasteiger partial charge in [-0.05, 0) is 105 Å². The molecule has 2 aliphatic heterocycles. The van der Waals surface area contributed by atoms with Crippen molar-refractivity contribution in [3.05, 3.63) is 112 Å². The predicted molar refractivity (Wildman–Crippen MR) is 312 cm³/mol. The van der Waals surface area contributed by atoms with Gasteiger partial charge in [-0.3, -0.25) is 14.7 Å². The van der Waals surface area contributed by atoms with Gasteiger partial charge >= 0.3 is 6.01 Å². The Morgan fingerprint density at radius 2 is 1.74 bits per heavy atom. The fraction of sp³-hybridized carbons (Fsp3) is 0.443. The van der Waals surface area contributed by atoms with E-state index in [9.17, 15) is 19.8 Å². The first-order valence-electron chi connectivity index (χ1n) is 28.3. The van der Waals surface area contributed by atoms with Crippen molar-refractivity contribution in [3.63, 3.8) is 0 Å². The number of amides is 2. The highest BCUT2D eigenvalue weighted by Crippen LogP contribution is 2.52. The number of aromatic nitrogens is 8. The summed E-state index contributed by atoms with van der Waals surface area (Å²) in [6, 6.07) is 16.8. The van der Waals surface area contributed by atoms with Crippen LogP contribution in [-0.4, -0.2) is 138 Å². The molecule has 4 aromatic carbocycles. The number of likely N-dealkylation sites (N-methyl/N-ethyl adjacent to an activating group) is 1. The average Bonchev–Trinajstić information content (AvgIpc) is 4.47. The third kappa shape index (κ3) is 11.2. The van der Waals surface area contributed by atoms with Crippen LogP contribution >= 0.6 is 11.3 Å². The Kier molecular flexibility index (Phi) is 16.4. The number of nitrogens with zero attached hydrogens (tertiary/aromatic N) is 9. The number of aliphatic hydroxyl groups is 2. The minimum Gasteiger partial charge on any atom is -0.486 e. The summed E-state index contributed by atoms with van der Waals surface area (Å²) in [5.74, 6) is -0.131. The fourth-order valence-electron chi connectivity index (χ4n) is 11.7. The van der Waals surface area contributed by atoms with Crippen molar-refractivity contribution in [1.82, 2.24) is 55.7 Å². The van der Waals surface area contributed by atoms with E-state index >= 15 is 4.39 Å². The maximum absolute atomic E-state index is 16.2. The number of methoxy groups -OCH3 is 1. The molecule has 0 bridgehead atoms. The molecule has 21 heteroatoms. The highest BCUT2D eigenvalue weighted by Gasteiger charge is 2.44. The van der Waals surface area contributed by atoms with Crippen LogP contribution in [0.2, 0.25) is 0 Å². The first kappa shape index (κ1) is 56.4. The Morgan fingerprint density at radius 1 is 0.976 bits per heavy atom. The molecule has 0 unspecified atom stereocenters. The van der Waals surface area contributed by atoms with Crippen LogP contribution in [0.4, 0.5) is 10.2 Å². The van der Waals surface area contributed by atoms with Gasteiger partial charge in [0.15, 0.2) is 5.75 Å². The summed E-state index contributed by atoms with van der Waals surface area (Å²) in [4.78, 5) is 48.1. The highest BCUT2D eigenvalue weighted by molar-refractivity contribution is 7.13. The molecule has 11 rings (SSSR count). The van der Waals surface area contributed by atoms with Crippen LogP contribution in [0.3, 0.4) is 0 Å². The second-order valence-corrected chi connectivity index (χ2v) is 23.5. The van der Waals surface area contributed by atoms with Gasteiger partial charge in [0, 0.05) is 67.2 Å². The smallest absolute Gasteiger partial charge is 0.319 e. The Morgan fingerprint density at radius 3 is 2.41 bits per heavy atom. The number of aromatic amines is 1. The second-order valence-electron chi connectivity index (χ2n) is 22.6. The molecule has 2 saturated heterocycles. The number of rotatable bonds is 20. The van der Waals surface area contributed by atoms with Crippen LogP contribution in [0.1, 0.15) is 106 Å². The number of thiazole rings is 1. The van der Waals surface area contributed by atoms with Crippen LogP contribution in [0.15, 0.2) is 78.6 Å². The van der Waals surface area contributed by atoms with E-state index in [1.165, 1.54) is 15.6 Å². The third-order valence-corrected chi connectivity index (χ3v) is 17.7. The van der Waals surface area contributed by atoms with E-state index in [1.807, 2.05) is 76.2 Å². The van der Waals surface area contributed by atoms with E-state index in [4.69, 9.17) is 24.2 Å². The van der Waals surface area contributed by atoms with Crippen LogP contribution in [0.5, 0.6) is 11.8 Å². The zero-order valence-corrected chi connectivity index (χ0v) is 48.3. The van der Waals surface area contributed by atoms with Gasteiger partial charge in [-0.15, -0.1) is 16.4 Å². The zero-order valence-electron chi connectivity index (χ0n) is 47.5. The molecule has 2 amide bonds. The van der Waals surface area contributed by atoms with Gasteiger partial charge in [-0.2, -0.15) is 15.1 Å². The lowest BCUT2D eigenvalue weighted by atomic mass is 9.75. The number of anilines is 1. The van der Waals surface area contributed by atoms with Crippen molar-refractivity contribution in [3.8, 4) is 44.6 Å². The third-order valence-electron chi connectivity index (χ3n) is 16.7. The quantitative estimate of drug-likeness (QED) is 0.0480. The SMILES string of the molecule is CO[C@@H](C)COc1nc(N(C)[C@H]2CCNC2)c2cc(C3CCC3)c(-c3c(C)c(F)cc4[nH]ncc34)c(OCc3ccc(-c4cn([C@H](C(=O)N5C[C@H](O)C[C@H]5C(=O)N[C@H](c5ccc(-c6scnc6C)cc5)[C@@H](C)O)C(C)C)nn4)cc3)c2n1. The lowest BCUT2D eigenvalue weighted by Crippen LogP contribution is -2.50. The van der Waals surface area contributed by atoms with Crippen LogP contribution < -0.4 is 25.0 Å². The lowest BCUT2D eigenvalue weighted by Gasteiger charge is -2.32. The normalized spacial score (nSPS) is 18.9. The molecule has 3 aliphatic rings. The van der Waals surface area contributed by atoms with Gasteiger partial charge in [-0.25, -0.2) is 14.1 Å². The lowest BCUT2D eigenvalue weighted by molar-refractivity contribution is -0.143. The summed E-state index contributed by atoms with van der Waals surface area (Å²) >= 11 is 1.54. The number of halogens is 1. The van der Waals surface area contributed by atoms with Crippen LogP contribution in [0, 0.1) is 25.6 Å². The van der Waals surface area contributed by atoms with E-state index in [1.54, 1.807) is 50.2 Å². The first-order valence-corrected chi connectivity index (χ1v) is 29.2. The van der Waals surface area contributed by atoms with Crippen LogP contribution in [-0.2, 0) is 20.9 Å². The number of carbonyl (C=O) groups is 2. The highest BCUT2D eigenvalue weighted by atomic mass is 32.1. The van der Waals surface area contributed by atoms with E-state index < -0.39 is 36.2 Å². The monoisotopic (exact) mass is 1130 g/mol. The van der Waals surface area contributed by atoms with Crippen molar-refractivity contribution in [1.29, 1.82) is 0 Å². The van der Waals surface area contributed by atoms with Gasteiger partial charge in [-0.1, -0.05) is 74.0 Å². The molecule has 0 spiro atoms. The van der Waals surface area contributed by atoms with E-state index in [2.05, 4.69) is 54.1 Å². The minimum absolute atomic E-state index is 0.0352. The molecular weight excluding hydrogens is 1060 g/mol. The van der Waals surface area contributed by atoms with Crippen molar-refractivity contribution >= 4 is 50.8 Å². The minimum atomic E-state index is -0.994. The number of likely N-dealkylation sites (tertiary alicyclic amines) is 1. The second kappa shape index (κ2) is 23.8. The largest absolute Gasteiger partial charge is 0.486 e. The first-order chi connectivity index (χ1) is 39.6. The Bertz CT molecular complexity index is 3600. The number of carbonyl (C=O) groups excluding carboxylic acids is 2. The molecule has 3 fully saturated rings. The van der Waals surface area contributed by atoms with Crippen LogP contribution in [0.25, 0.3) is 54.6 Å². The van der Waals surface area contributed by atoms with E-state index in [0.717, 1.165) is 87.9 Å². The number of H-pyrrole nitrogens is 1. The summed E-state index contributed by atoms with van der Waals surface area (Å²) in [6.45, 7) is 13.0. The van der Waals surface area contributed by atoms with Crippen molar-refractivity contribution in [2.24, 2.45) is 5.92 Å². The predicted octanol–water partition coefficient (Wildman–Crippen LogP) is 8.77. The molecule has 430 valence electrons. The standard InChI is InChI=1S/C61H71FN12O7S/c1-32(2)55(60(78)73-27-43(76)22-50(73)59(77)66-53(36(6)75)40-16-18-41(19-17-40)57-35(5)64-31-82-57)74-28-49(70-71-74)39-14-12-37(13-15-39)30-80-56-52(51-34(4)47(62)24-48-46(51)26-65-69-48)44(38-10-9-11-38)23-45-54(56)67-61(81-29-33(3)79-8)68-58(45)72(7)42-20-21-63-25-42/h12-19,23-24,26,28,31-33,36,38,42-43,50,53,55,63,75-76H,9-11,20-22,25,27,29-30H2,1-8H3,(H,65,69)(H,66,77)/t33-,36+,42-,43+,50-,53-,55-/m0/s1. The topological polar surface area (TPSA) is 231 Å². The maximum atomic E-state index is 16.2. The number of ether oxygens (including phenoxy) is 3. The molecule has 1 saturated carbocycles. The van der Waals surface area contributed by atoms with Crippen molar-refractivity contribution in [2.45, 2.75) is 129 Å². The van der Waals surface area contributed by atoms with E-state index in [0.29, 0.717) is 45.0 Å². The van der Waals surface area contributed by atoms with Gasteiger partial charge in [0.1, 0.15) is 48.1 Å². The van der Waals surface area contributed by atoms with Gasteiger partial charge in [0.05, 0.1) is 58.3 Å². The number of benzene rings is 4. The summed E-state index contributed by atoms with van der Waals surface area (Å²) in [7, 11) is 3.69. The Hall–Kier alpha value is -7.43. The number of β-amino-alcohol motifs (C(OH)–C–C–N with tert-alkyl or cyclic N) is 1. The fourth-order valence-corrected chi connectivity index (χ4v) is 12.5. The Balaban J connectivity index is 0.880. The van der Waals surface area contributed by atoms with Crippen molar-refractivity contribution < 1.29 is 38.4 Å². The average molecular weight is 1140 g/mol. The number of hydrogen-bond donors (Lipinski definition) is 5. The number of aryl methyl sites for hydroxylation is 1.